The fraction of sp³-hybridized carbons (Fsp3) is 0.150. The number of pyridine rings is 1. The van der Waals surface area contributed by atoms with Crippen molar-refractivity contribution in [1.29, 1.82) is 0 Å². The average molecular weight is 379 g/mol. The molecule has 1 aliphatic heterocycles. The first-order valence-electron chi connectivity index (χ1n) is 8.76. The summed E-state index contributed by atoms with van der Waals surface area (Å²) in [5.41, 5.74) is 4.08. The summed E-state index contributed by atoms with van der Waals surface area (Å²) in [6.45, 7) is 2.19. The maximum atomic E-state index is 13.3. The van der Waals surface area contributed by atoms with Gasteiger partial charge in [0.05, 0.1) is 23.5 Å². The minimum absolute atomic E-state index is 0.0375. The number of aromatic amines is 1. The van der Waals surface area contributed by atoms with E-state index >= 15 is 0 Å². The molecule has 1 aromatic carbocycles. The molecule has 8 heteroatoms. The molecule has 7 nitrogen and oxygen atoms in total. The van der Waals surface area contributed by atoms with Gasteiger partial charge in [-0.1, -0.05) is 0 Å². The molecule has 2 aromatic heterocycles. The van der Waals surface area contributed by atoms with Crippen LogP contribution in [-0.4, -0.2) is 28.2 Å². The van der Waals surface area contributed by atoms with Crippen LogP contribution in [0.15, 0.2) is 42.6 Å². The number of benzene rings is 1. The highest BCUT2D eigenvalue weighted by Gasteiger charge is 2.27. The number of nitrogens with one attached hydrogen (secondary N) is 4. The summed E-state index contributed by atoms with van der Waals surface area (Å²) in [7, 11) is 0. The molecule has 0 saturated carbocycles. The Balaban J connectivity index is 1.82. The third-order valence-corrected chi connectivity index (χ3v) is 4.41. The van der Waals surface area contributed by atoms with Crippen molar-refractivity contribution in [3.8, 4) is 11.3 Å². The van der Waals surface area contributed by atoms with E-state index in [1.54, 1.807) is 30.5 Å². The van der Waals surface area contributed by atoms with Crippen molar-refractivity contribution in [2.75, 3.05) is 17.2 Å². The number of carbonyl (C=O) groups is 2. The van der Waals surface area contributed by atoms with E-state index in [9.17, 15) is 14.0 Å². The monoisotopic (exact) mass is 379 g/mol. The van der Waals surface area contributed by atoms with Gasteiger partial charge in [-0.25, -0.2) is 9.37 Å². The van der Waals surface area contributed by atoms with Gasteiger partial charge in [0.25, 0.3) is 0 Å². The molecule has 0 saturated heterocycles. The molecule has 1 aliphatic rings. The van der Waals surface area contributed by atoms with E-state index < -0.39 is 0 Å². The normalized spacial score (nSPS) is 13.1. The molecular weight excluding hydrogens is 361 g/mol. The zero-order valence-corrected chi connectivity index (χ0v) is 15.1. The maximum Gasteiger partial charge on any atom is 0.222 e. The van der Waals surface area contributed by atoms with Crippen LogP contribution in [0.1, 0.15) is 23.0 Å². The van der Waals surface area contributed by atoms with Gasteiger partial charge >= 0.3 is 0 Å². The average Bonchev–Trinajstić information content (AvgIpc) is 3.03. The Morgan fingerprint density at radius 3 is 2.71 bits per heavy atom. The SMILES string of the molecule is CC(=O)Nc1cc(-c2[nH]c3c(c2Nc2ccc(F)cc2)C(=O)CNC3)ccn1. The van der Waals surface area contributed by atoms with E-state index in [4.69, 9.17) is 0 Å². The Bertz CT molecular complexity index is 1060. The summed E-state index contributed by atoms with van der Waals surface area (Å²) in [6.07, 6.45) is 1.59. The van der Waals surface area contributed by atoms with E-state index in [0.29, 0.717) is 35.0 Å². The number of H-pyrrole nitrogens is 1. The standard InChI is InChI=1S/C20H18FN5O2/c1-11(27)24-17-8-12(6-7-23-17)19-20(25-14-4-2-13(21)3-5-14)18-15(26-19)9-22-10-16(18)28/h2-8,22,25-26H,9-10H2,1H3,(H,23,24,27). The second-order valence-electron chi connectivity index (χ2n) is 6.50. The molecule has 0 spiro atoms. The van der Waals surface area contributed by atoms with E-state index in [1.165, 1.54) is 19.1 Å². The van der Waals surface area contributed by atoms with Crippen LogP contribution in [0.2, 0.25) is 0 Å². The zero-order chi connectivity index (χ0) is 19.7. The van der Waals surface area contributed by atoms with Crippen LogP contribution < -0.4 is 16.0 Å². The van der Waals surface area contributed by atoms with Crippen molar-refractivity contribution in [3.05, 3.63) is 59.7 Å². The largest absolute Gasteiger partial charge is 0.355 e. The highest BCUT2D eigenvalue weighted by atomic mass is 19.1. The molecule has 1 amide bonds. The minimum Gasteiger partial charge on any atom is -0.355 e. The van der Waals surface area contributed by atoms with Gasteiger partial charge in [0.1, 0.15) is 11.6 Å². The lowest BCUT2D eigenvalue weighted by Crippen LogP contribution is -2.29. The molecule has 3 aromatic rings. The van der Waals surface area contributed by atoms with Gasteiger partial charge in [-0.15, -0.1) is 0 Å². The quantitative estimate of drug-likeness (QED) is 0.558. The molecule has 0 radical (unpaired) electrons. The number of carbonyl (C=O) groups excluding carboxylic acids is 2. The third kappa shape index (κ3) is 3.49. The van der Waals surface area contributed by atoms with E-state index in [2.05, 4.69) is 25.9 Å². The summed E-state index contributed by atoms with van der Waals surface area (Å²) >= 11 is 0. The van der Waals surface area contributed by atoms with Crippen molar-refractivity contribution >= 4 is 28.9 Å². The fourth-order valence-corrected chi connectivity index (χ4v) is 3.24. The van der Waals surface area contributed by atoms with Crippen LogP contribution in [-0.2, 0) is 11.3 Å². The number of Topliss-reactive ketones (excluding diaryl/α,β-unsaturated/α-hetero) is 1. The van der Waals surface area contributed by atoms with Crippen LogP contribution in [0.25, 0.3) is 11.3 Å². The number of rotatable bonds is 4. The first-order valence-corrected chi connectivity index (χ1v) is 8.76. The lowest BCUT2D eigenvalue weighted by Gasteiger charge is -2.14. The number of hydrogen-bond donors (Lipinski definition) is 4. The number of anilines is 3. The van der Waals surface area contributed by atoms with Crippen LogP contribution in [0.3, 0.4) is 0 Å². The fourth-order valence-electron chi connectivity index (χ4n) is 3.24. The molecule has 0 unspecified atom stereocenters. The van der Waals surface area contributed by atoms with Gasteiger partial charge in [0.15, 0.2) is 5.78 Å². The van der Waals surface area contributed by atoms with Gasteiger partial charge < -0.3 is 20.9 Å². The van der Waals surface area contributed by atoms with Crippen molar-refractivity contribution in [2.24, 2.45) is 0 Å². The van der Waals surface area contributed by atoms with Gasteiger partial charge in [-0.05, 0) is 36.4 Å². The topological polar surface area (TPSA) is 98.9 Å². The Kier molecular flexibility index (Phi) is 4.62. The van der Waals surface area contributed by atoms with E-state index in [1.807, 2.05) is 0 Å². The molecule has 3 heterocycles. The second-order valence-corrected chi connectivity index (χ2v) is 6.50. The molecule has 4 N–H and O–H groups in total. The smallest absolute Gasteiger partial charge is 0.222 e. The van der Waals surface area contributed by atoms with Gasteiger partial charge in [-0.3, -0.25) is 9.59 Å². The number of ketones is 1. The zero-order valence-electron chi connectivity index (χ0n) is 15.1. The van der Waals surface area contributed by atoms with Crippen LogP contribution in [0, 0.1) is 5.82 Å². The van der Waals surface area contributed by atoms with Crippen molar-refractivity contribution in [1.82, 2.24) is 15.3 Å². The lowest BCUT2D eigenvalue weighted by molar-refractivity contribution is -0.114. The molecule has 0 fully saturated rings. The number of fused-ring (bicyclic) bond motifs is 1. The molecule has 0 bridgehead atoms. The predicted octanol–water partition coefficient (Wildman–Crippen LogP) is 3.20. The van der Waals surface area contributed by atoms with E-state index in [0.717, 1.165) is 11.3 Å². The van der Waals surface area contributed by atoms with Crippen LogP contribution in [0.4, 0.5) is 21.6 Å². The Morgan fingerprint density at radius 2 is 1.96 bits per heavy atom. The second kappa shape index (κ2) is 7.24. The number of aromatic nitrogens is 2. The minimum atomic E-state index is -0.337. The number of hydrogen-bond acceptors (Lipinski definition) is 5. The van der Waals surface area contributed by atoms with Crippen LogP contribution >= 0.6 is 0 Å². The van der Waals surface area contributed by atoms with Gasteiger partial charge in [0.2, 0.25) is 5.91 Å². The molecule has 0 atom stereocenters. The molecular formula is C20H18FN5O2. The van der Waals surface area contributed by atoms with Gasteiger partial charge in [0, 0.05) is 36.6 Å². The highest BCUT2D eigenvalue weighted by molar-refractivity contribution is 6.08. The van der Waals surface area contributed by atoms with Crippen molar-refractivity contribution in [2.45, 2.75) is 13.5 Å². The Hall–Kier alpha value is -3.52. The molecule has 0 aliphatic carbocycles. The number of halogens is 1. The summed E-state index contributed by atoms with van der Waals surface area (Å²) in [4.78, 5) is 31.3. The lowest BCUT2D eigenvalue weighted by atomic mass is 10.0. The predicted molar refractivity (Wildman–Crippen MR) is 104 cm³/mol. The first-order chi connectivity index (χ1) is 13.5. The summed E-state index contributed by atoms with van der Waals surface area (Å²) < 4.78 is 13.3. The molecule has 142 valence electrons. The molecule has 28 heavy (non-hydrogen) atoms. The molecule has 4 rings (SSSR count). The third-order valence-electron chi connectivity index (χ3n) is 4.41. The summed E-state index contributed by atoms with van der Waals surface area (Å²) in [5, 5.41) is 8.96. The van der Waals surface area contributed by atoms with Crippen molar-refractivity contribution in [3.63, 3.8) is 0 Å². The van der Waals surface area contributed by atoms with Crippen LogP contribution in [0.5, 0.6) is 0 Å². The van der Waals surface area contributed by atoms with E-state index in [-0.39, 0.29) is 24.1 Å². The summed E-state index contributed by atoms with van der Waals surface area (Å²) in [5.74, 6) is -0.185. The van der Waals surface area contributed by atoms with Crippen molar-refractivity contribution < 1.29 is 14.0 Å². The maximum absolute atomic E-state index is 13.3. The Morgan fingerprint density at radius 1 is 1.18 bits per heavy atom. The van der Waals surface area contributed by atoms with Gasteiger partial charge in [-0.2, -0.15) is 0 Å². The summed E-state index contributed by atoms with van der Waals surface area (Å²) in [6, 6.07) is 9.44. The number of amides is 1. The Labute approximate surface area is 160 Å². The number of nitrogens with zero attached hydrogens (tertiary/aromatic N) is 1. The first kappa shape index (κ1) is 17.9. The highest BCUT2D eigenvalue weighted by Crippen LogP contribution is 2.37.